The number of hydrogen-bond acceptors (Lipinski definition) is 0. The number of hydrogen-bond donors (Lipinski definition) is 0. The Kier molecular flexibility index (Phi) is 951. The molecule has 0 aliphatic heterocycles. The van der Waals surface area contributed by atoms with Gasteiger partial charge in [0, 0.05) is 0 Å². The van der Waals surface area contributed by atoms with E-state index in [1.54, 1.807) is 6.08 Å². The third-order valence-electron chi connectivity index (χ3n) is 0. The van der Waals surface area contributed by atoms with Crippen LogP contribution in [0.5, 0.6) is 0 Å². The number of rotatable bonds is 0. The smallest absolute Gasteiger partial charge is 0.0473 e. The molecule has 0 fully saturated rings. The van der Waals surface area contributed by atoms with Gasteiger partial charge in [-0.05, 0) is 6.92 Å². The predicted molar refractivity (Wildman–Crippen MR) is 74.5 cm³/mol. The Hall–Kier alpha value is 1.49. The lowest BCUT2D eigenvalue weighted by atomic mass is 10.8. The van der Waals surface area contributed by atoms with Crippen LogP contribution in [0.4, 0.5) is 0 Å². The standard InChI is InChI=1S/C3H6.CH4.5H2S/c1-3-2;;;;;;/h3H,1H2,2H3;1H4;5*1H2. The van der Waals surface area contributed by atoms with Gasteiger partial charge in [0.2, 0.25) is 0 Å². The molecule has 0 nitrogen and oxygen atoms in total. The van der Waals surface area contributed by atoms with Gasteiger partial charge in [0.25, 0.3) is 0 Å². The van der Waals surface area contributed by atoms with Gasteiger partial charge in [-0.2, -0.15) is 67.5 Å². The Balaban J connectivity index is -0.00000000133. The second-order valence-electron chi connectivity index (χ2n) is 0.408. The van der Waals surface area contributed by atoms with Crippen LogP contribution in [0, 0.1) is 0 Å². The van der Waals surface area contributed by atoms with Gasteiger partial charge in [-0.25, -0.2) is 0 Å². The molecule has 0 saturated carbocycles. The molecule has 0 spiro atoms. The lowest BCUT2D eigenvalue weighted by Crippen LogP contribution is -1.07. The zero-order valence-electron chi connectivity index (χ0n) is 4.78. The van der Waals surface area contributed by atoms with Crippen molar-refractivity contribution >= 4 is 67.5 Å². The maximum absolute atomic E-state index is 3.36. The van der Waals surface area contributed by atoms with Crippen LogP contribution >= 0.6 is 67.5 Å². The van der Waals surface area contributed by atoms with Gasteiger partial charge >= 0.3 is 0 Å². The molecular weight excluding hydrogens is 208 g/mol. The molecule has 0 aliphatic carbocycles. The highest BCUT2D eigenvalue weighted by atomic mass is 32.1. The van der Waals surface area contributed by atoms with E-state index in [-0.39, 0.29) is 74.9 Å². The van der Waals surface area contributed by atoms with Crippen molar-refractivity contribution in [3.05, 3.63) is 12.7 Å². The third kappa shape index (κ3) is 240. The summed E-state index contributed by atoms with van der Waals surface area (Å²) in [4.78, 5) is 0. The SMILES string of the molecule is C.C=CC.S.S.S.S.S. The van der Waals surface area contributed by atoms with Crippen molar-refractivity contribution in [1.29, 1.82) is 0 Å². The second-order valence-corrected chi connectivity index (χ2v) is 0.408. The van der Waals surface area contributed by atoms with E-state index in [4.69, 9.17) is 0 Å². The highest BCUT2D eigenvalue weighted by molar-refractivity contribution is 7.60. The van der Waals surface area contributed by atoms with Crippen LogP contribution in [0.2, 0.25) is 0 Å². The van der Waals surface area contributed by atoms with Gasteiger partial charge in [0.15, 0.2) is 0 Å². The number of allylic oxidation sites excluding steroid dienone is 1. The Morgan fingerprint density at radius 1 is 0.889 bits per heavy atom. The molecule has 0 radical (unpaired) electrons. The molecule has 0 aromatic heterocycles. The summed E-state index contributed by atoms with van der Waals surface area (Å²) in [5, 5.41) is 0. The molecule has 0 atom stereocenters. The summed E-state index contributed by atoms with van der Waals surface area (Å²) in [6.07, 6.45) is 1.75. The summed E-state index contributed by atoms with van der Waals surface area (Å²) in [6, 6.07) is 0. The molecule has 0 aromatic carbocycles. The van der Waals surface area contributed by atoms with Crippen molar-refractivity contribution < 1.29 is 0 Å². The highest BCUT2D eigenvalue weighted by Gasteiger charge is 1.15. The lowest BCUT2D eigenvalue weighted by molar-refractivity contribution is 1.80. The van der Waals surface area contributed by atoms with E-state index < -0.39 is 0 Å². The van der Waals surface area contributed by atoms with E-state index in [1.165, 1.54) is 0 Å². The van der Waals surface area contributed by atoms with E-state index >= 15 is 0 Å². The molecule has 0 saturated heterocycles. The van der Waals surface area contributed by atoms with Gasteiger partial charge < -0.3 is 0 Å². The van der Waals surface area contributed by atoms with Crippen molar-refractivity contribution in [3.8, 4) is 0 Å². The van der Waals surface area contributed by atoms with E-state index in [1.807, 2.05) is 6.92 Å². The largest absolute Gasteiger partial charge is 0.197 e. The zero-order valence-corrected chi connectivity index (χ0v) is 9.78. The first-order valence-corrected chi connectivity index (χ1v) is 0.986. The van der Waals surface area contributed by atoms with Gasteiger partial charge in [-0.3, -0.25) is 0 Å². The molecule has 5 heteroatoms. The zero-order chi connectivity index (χ0) is 2.71. The van der Waals surface area contributed by atoms with Crippen LogP contribution in [-0.4, -0.2) is 0 Å². The first kappa shape index (κ1) is 77.6. The molecule has 0 unspecified atom stereocenters. The minimum Gasteiger partial charge on any atom is -0.197 e. The van der Waals surface area contributed by atoms with Crippen molar-refractivity contribution in [2.24, 2.45) is 0 Å². The Bertz CT molecular complexity index is 16.4. The molecule has 0 aromatic rings. The molecule has 0 N–H and O–H groups in total. The Morgan fingerprint density at radius 2 is 0.889 bits per heavy atom. The normalized spacial score (nSPS) is 1.44. The van der Waals surface area contributed by atoms with Crippen molar-refractivity contribution in [2.45, 2.75) is 14.4 Å². The van der Waals surface area contributed by atoms with Crippen LogP contribution in [0.15, 0.2) is 12.7 Å². The average Bonchev–Trinajstić information content (AvgIpc) is 0.918. The lowest BCUT2D eigenvalue weighted by Gasteiger charge is -1.31. The first-order valence-electron chi connectivity index (χ1n) is 0.986. The predicted octanol–water partition coefficient (Wildman–Crippen LogP) is 2.39. The topological polar surface area (TPSA) is 0 Å². The fourth-order valence-electron chi connectivity index (χ4n) is 0. The Labute approximate surface area is 94.1 Å². The minimum absolute atomic E-state index is 0. The Morgan fingerprint density at radius 3 is 0.889 bits per heavy atom. The fraction of sp³-hybridized carbons (Fsp3) is 0.500. The summed E-state index contributed by atoms with van der Waals surface area (Å²) < 4.78 is 0. The van der Waals surface area contributed by atoms with E-state index in [9.17, 15) is 0 Å². The van der Waals surface area contributed by atoms with Gasteiger partial charge in [0.05, 0.1) is 0 Å². The van der Waals surface area contributed by atoms with Crippen LogP contribution < -0.4 is 0 Å². The molecule has 0 heterocycles. The van der Waals surface area contributed by atoms with Crippen LogP contribution in [0.3, 0.4) is 0 Å². The monoisotopic (exact) mass is 228 g/mol. The average molecular weight is 229 g/mol. The molecule has 0 rings (SSSR count). The molecular formula is C4H20S5. The van der Waals surface area contributed by atoms with Crippen molar-refractivity contribution in [1.82, 2.24) is 0 Å². The third-order valence-corrected chi connectivity index (χ3v) is 0. The molecule has 0 amide bonds. The summed E-state index contributed by atoms with van der Waals surface area (Å²) in [5.74, 6) is 0. The van der Waals surface area contributed by atoms with Crippen LogP contribution in [0.1, 0.15) is 14.4 Å². The molecule has 66 valence electrons. The summed E-state index contributed by atoms with van der Waals surface area (Å²) in [7, 11) is 0. The van der Waals surface area contributed by atoms with Gasteiger partial charge in [0.1, 0.15) is 0 Å². The molecule has 9 heavy (non-hydrogen) atoms. The highest BCUT2D eigenvalue weighted by Crippen LogP contribution is 1.38. The summed E-state index contributed by atoms with van der Waals surface area (Å²) in [5.41, 5.74) is 0. The van der Waals surface area contributed by atoms with Gasteiger partial charge in [-0.1, -0.05) is 13.5 Å². The van der Waals surface area contributed by atoms with Crippen molar-refractivity contribution in [3.63, 3.8) is 0 Å². The maximum atomic E-state index is 3.36. The van der Waals surface area contributed by atoms with Crippen LogP contribution in [-0.2, 0) is 0 Å². The molecule has 0 aliphatic rings. The summed E-state index contributed by atoms with van der Waals surface area (Å²) in [6.45, 7) is 5.25. The van der Waals surface area contributed by atoms with Crippen LogP contribution in [0.25, 0.3) is 0 Å². The fourth-order valence-corrected chi connectivity index (χ4v) is 0. The van der Waals surface area contributed by atoms with Gasteiger partial charge in [-0.15, -0.1) is 6.58 Å². The summed E-state index contributed by atoms with van der Waals surface area (Å²) >= 11 is 0. The van der Waals surface area contributed by atoms with E-state index in [0.717, 1.165) is 0 Å². The molecule has 0 bridgehead atoms. The minimum atomic E-state index is 0. The maximum Gasteiger partial charge on any atom is -0.0473 e. The van der Waals surface area contributed by atoms with Crippen molar-refractivity contribution in [2.75, 3.05) is 0 Å². The quantitative estimate of drug-likeness (QED) is 0.559. The first-order chi connectivity index (χ1) is 1.41. The second kappa shape index (κ2) is 110. The van der Waals surface area contributed by atoms with E-state index in [2.05, 4.69) is 6.58 Å². The van der Waals surface area contributed by atoms with E-state index in [0.29, 0.717) is 0 Å².